The van der Waals surface area contributed by atoms with Gasteiger partial charge in [0.1, 0.15) is 12.4 Å². The van der Waals surface area contributed by atoms with Crippen LogP contribution in [0.25, 0.3) is 0 Å². The highest BCUT2D eigenvalue weighted by Crippen LogP contribution is 2.19. The van der Waals surface area contributed by atoms with Gasteiger partial charge in [-0.1, -0.05) is 17.7 Å². The van der Waals surface area contributed by atoms with Crippen molar-refractivity contribution in [1.29, 1.82) is 0 Å². The Bertz CT molecular complexity index is 413. The number of carboxylic acid groups (broad SMARTS) is 1. The molecule has 1 aromatic carbocycles. The molecule has 0 bridgehead atoms. The number of carboxylic acids is 1. The van der Waals surface area contributed by atoms with Crippen LogP contribution < -0.4 is 0 Å². The van der Waals surface area contributed by atoms with Crippen molar-refractivity contribution in [3.05, 3.63) is 34.6 Å². The third kappa shape index (κ3) is 4.40. The largest absolute Gasteiger partial charge is 0.481 e. The molecule has 17 heavy (non-hydrogen) atoms. The molecule has 0 fully saturated rings. The summed E-state index contributed by atoms with van der Waals surface area (Å²) in [6, 6.07) is 4.12. The van der Waals surface area contributed by atoms with Gasteiger partial charge in [0.15, 0.2) is 0 Å². The molecule has 0 saturated heterocycles. The maximum Gasteiger partial charge on any atom is 0.306 e. The molecule has 0 aliphatic heterocycles. The summed E-state index contributed by atoms with van der Waals surface area (Å²) in [7, 11) is 0. The predicted molar refractivity (Wildman–Crippen MR) is 58.1 cm³/mol. The molecule has 0 saturated carbocycles. The summed E-state index contributed by atoms with van der Waals surface area (Å²) in [4.78, 5) is 21.3. The first-order valence-corrected chi connectivity index (χ1v) is 5.19. The maximum absolute atomic E-state index is 13.2. The SMILES string of the molecule is O=C(O)CCC(=O)OCc1c(F)cccc1Cl. The highest BCUT2D eigenvalue weighted by Gasteiger charge is 2.11. The molecule has 1 aromatic rings. The summed E-state index contributed by atoms with van der Waals surface area (Å²) < 4.78 is 18.0. The van der Waals surface area contributed by atoms with Crippen LogP contribution in [0.1, 0.15) is 18.4 Å². The number of esters is 1. The number of hydrogen-bond acceptors (Lipinski definition) is 3. The second-order valence-electron chi connectivity index (χ2n) is 3.25. The molecule has 4 nitrogen and oxygen atoms in total. The lowest BCUT2D eigenvalue weighted by Gasteiger charge is -2.06. The highest BCUT2D eigenvalue weighted by atomic mass is 35.5. The number of carbonyl (C=O) groups is 2. The second-order valence-corrected chi connectivity index (χ2v) is 3.66. The zero-order chi connectivity index (χ0) is 12.8. The molecular formula is C11H10ClFO4. The number of aliphatic carboxylic acids is 1. The number of rotatable bonds is 5. The van der Waals surface area contributed by atoms with Gasteiger partial charge in [-0.2, -0.15) is 0 Å². The number of carbonyl (C=O) groups excluding carboxylic acids is 1. The van der Waals surface area contributed by atoms with Crippen molar-refractivity contribution in [2.24, 2.45) is 0 Å². The molecule has 92 valence electrons. The van der Waals surface area contributed by atoms with Gasteiger partial charge in [0.2, 0.25) is 0 Å². The van der Waals surface area contributed by atoms with Crippen molar-refractivity contribution in [1.82, 2.24) is 0 Å². The molecule has 1 rings (SSSR count). The van der Waals surface area contributed by atoms with E-state index < -0.39 is 17.8 Å². The van der Waals surface area contributed by atoms with E-state index in [4.69, 9.17) is 21.4 Å². The number of hydrogen-bond donors (Lipinski definition) is 1. The third-order valence-electron chi connectivity index (χ3n) is 1.98. The molecule has 6 heteroatoms. The van der Waals surface area contributed by atoms with Crippen molar-refractivity contribution in [2.75, 3.05) is 0 Å². The Morgan fingerprint density at radius 3 is 2.65 bits per heavy atom. The van der Waals surface area contributed by atoms with Crippen molar-refractivity contribution >= 4 is 23.5 Å². The fourth-order valence-corrected chi connectivity index (χ4v) is 1.32. The molecule has 0 aliphatic rings. The Morgan fingerprint density at radius 2 is 2.06 bits per heavy atom. The third-order valence-corrected chi connectivity index (χ3v) is 2.34. The number of benzene rings is 1. The van der Waals surface area contributed by atoms with E-state index in [1.165, 1.54) is 18.2 Å². The van der Waals surface area contributed by atoms with Gasteiger partial charge in [-0.25, -0.2) is 4.39 Å². The van der Waals surface area contributed by atoms with Gasteiger partial charge in [0, 0.05) is 5.56 Å². The molecule has 0 aliphatic carbocycles. The zero-order valence-electron chi connectivity index (χ0n) is 8.78. The lowest BCUT2D eigenvalue weighted by Crippen LogP contribution is -2.08. The fraction of sp³-hybridized carbons (Fsp3) is 0.273. The highest BCUT2D eigenvalue weighted by molar-refractivity contribution is 6.31. The van der Waals surface area contributed by atoms with Gasteiger partial charge in [-0.05, 0) is 12.1 Å². The molecule has 0 aromatic heterocycles. The molecule has 0 atom stereocenters. The Balaban J connectivity index is 2.50. The van der Waals surface area contributed by atoms with Crippen LogP contribution in [-0.4, -0.2) is 17.0 Å². The summed E-state index contributed by atoms with van der Waals surface area (Å²) in [5.41, 5.74) is 0.0813. The van der Waals surface area contributed by atoms with E-state index in [1.54, 1.807) is 0 Å². The van der Waals surface area contributed by atoms with E-state index in [-0.39, 0.29) is 30.0 Å². The Labute approximate surface area is 102 Å². The van der Waals surface area contributed by atoms with Gasteiger partial charge in [-0.15, -0.1) is 0 Å². The quantitative estimate of drug-likeness (QED) is 0.826. The smallest absolute Gasteiger partial charge is 0.306 e. The molecule has 0 radical (unpaired) electrons. The lowest BCUT2D eigenvalue weighted by molar-refractivity contribution is -0.148. The average molecular weight is 261 g/mol. The van der Waals surface area contributed by atoms with Crippen LogP contribution in [0.3, 0.4) is 0 Å². The normalized spacial score (nSPS) is 10.0. The van der Waals surface area contributed by atoms with Crippen molar-refractivity contribution in [3.8, 4) is 0 Å². The van der Waals surface area contributed by atoms with E-state index in [9.17, 15) is 14.0 Å². The minimum absolute atomic E-state index is 0.0813. The molecule has 0 heterocycles. The van der Waals surface area contributed by atoms with E-state index in [2.05, 4.69) is 0 Å². The first-order chi connectivity index (χ1) is 8.00. The van der Waals surface area contributed by atoms with Gasteiger partial charge in [0.25, 0.3) is 0 Å². The van der Waals surface area contributed by atoms with Gasteiger partial charge in [-0.3, -0.25) is 9.59 Å². The molecule has 0 amide bonds. The monoisotopic (exact) mass is 260 g/mol. The van der Waals surface area contributed by atoms with Crippen LogP contribution in [0.2, 0.25) is 5.02 Å². The lowest BCUT2D eigenvalue weighted by atomic mass is 10.2. The average Bonchev–Trinajstić information content (AvgIpc) is 2.25. The van der Waals surface area contributed by atoms with Crippen LogP contribution in [0.5, 0.6) is 0 Å². The maximum atomic E-state index is 13.2. The van der Waals surface area contributed by atoms with Gasteiger partial charge >= 0.3 is 11.9 Å². The summed E-state index contributed by atoms with van der Waals surface area (Å²) in [6.45, 7) is -0.302. The minimum Gasteiger partial charge on any atom is -0.481 e. The topological polar surface area (TPSA) is 63.6 Å². The Hall–Kier alpha value is -1.62. The van der Waals surface area contributed by atoms with Crippen LogP contribution in [-0.2, 0) is 20.9 Å². The molecule has 0 unspecified atom stereocenters. The zero-order valence-corrected chi connectivity index (χ0v) is 9.54. The van der Waals surface area contributed by atoms with E-state index >= 15 is 0 Å². The summed E-state index contributed by atoms with van der Waals surface area (Å²) in [5.74, 6) is -2.36. The summed E-state index contributed by atoms with van der Waals surface area (Å²) in [5, 5.41) is 8.51. The second kappa shape index (κ2) is 6.20. The van der Waals surface area contributed by atoms with E-state index in [1.807, 2.05) is 0 Å². The van der Waals surface area contributed by atoms with Crippen LogP contribution in [0.4, 0.5) is 4.39 Å². The molecule has 1 N–H and O–H groups in total. The Morgan fingerprint density at radius 1 is 1.35 bits per heavy atom. The van der Waals surface area contributed by atoms with E-state index in [0.29, 0.717) is 0 Å². The predicted octanol–water partition coefficient (Wildman–Crippen LogP) is 2.39. The summed E-state index contributed by atoms with van der Waals surface area (Å²) in [6.07, 6.45) is -0.564. The molecular weight excluding hydrogens is 251 g/mol. The first kappa shape index (κ1) is 13.4. The minimum atomic E-state index is -1.09. The summed E-state index contributed by atoms with van der Waals surface area (Å²) >= 11 is 5.72. The first-order valence-electron chi connectivity index (χ1n) is 4.81. The van der Waals surface area contributed by atoms with Crippen LogP contribution >= 0.6 is 11.6 Å². The number of ether oxygens (including phenoxy) is 1. The van der Waals surface area contributed by atoms with Crippen molar-refractivity contribution in [3.63, 3.8) is 0 Å². The van der Waals surface area contributed by atoms with Crippen LogP contribution in [0, 0.1) is 5.82 Å². The molecule has 0 spiro atoms. The van der Waals surface area contributed by atoms with Gasteiger partial charge < -0.3 is 9.84 Å². The van der Waals surface area contributed by atoms with Crippen molar-refractivity contribution < 1.29 is 23.8 Å². The van der Waals surface area contributed by atoms with Crippen LogP contribution in [0.15, 0.2) is 18.2 Å². The van der Waals surface area contributed by atoms with Crippen molar-refractivity contribution in [2.45, 2.75) is 19.4 Å². The Kier molecular flexibility index (Phi) is 4.90. The standard InChI is InChI=1S/C11H10ClFO4/c12-8-2-1-3-9(13)7(8)6-17-11(16)5-4-10(14)15/h1-3H,4-6H2,(H,14,15). The fourth-order valence-electron chi connectivity index (χ4n) is 1.10. The van der Waals surface area contributed by atoms with E-state index in [0.717, 1.165) is 0 Å². The number of halogens is 2. The van der Waals surface area contributed by atoms with Gasteiger partial charge in [0.05, 0.1) is 17.9 Å².